The predicted molar refractivity (Wildman–Crippen MR) is 114 cm³/mol. The van der Waals surface area contributed by atoms with Gasteiger partial charge in [-0.15, -0.1) is 11.8 Å². The summed E-state index contributed by atoms with van der Waals surface area (Å²) in [5, 5.41) is 2.80. The number of hydrogen-bond donors (Lipinski definition) is 1. The number of carbonyl (C=O) groups excluding carboxylic acids is 1. The topological polar surface area (TPSA) is 69.7 Å². The van der Waals surface area contributed by atoms with Crippen molar-refractivity contribution in [3.63, 3.8) is 0 Å². The molecule has 1 aliphatic rings. The number of benzene rings is 2. The second-order valence-corrected chi connectivity index (χ2v) is 9.60. The fraction of sp³-hybridized carbons (Fsp3) is 0.350. The number of hydrogen-bond acceptors (Lipinski definition) is 4. The Hall–Kier alpha value is -1.87. The second kappa shape index (κ2) is 9.09. The molecule has 2 aromatic rings. The van der Waals surface area contributed by atoms with Crippen molar-refractivity contribution in [3.05, 3.63) is 59.7 Å². The van der Waals surface area contributed by atoms with Crippen LogP contribution in [0.1, 0.15) is 17.5 Å². The third-order valence-corrected chi connectivity index (χ3v) is 7.27. The summed E-state index contributed by atoms with van der Waals surface area (Å²) in [6.45, 7) is 2.94. The number of carbonyl (C=O) groups is 1. The Balaban J connectivity index is 1.65. The van der Waals surface area contributed by atoms with Gasteiger partial charge < -0.3 is 5.32 Å². The summed E-state index contributed by atoms with van der Waals surface area (Å²) in [7, 11) is -3.67. The summed E-state index contributed by atoms with van der Waals surface area (Å²) < 4.78 is 28.6. The molecule has 1 N–H and O–H groups in total. The molecule has 3 rings (SSSR count). The summed E-state index contributed by atoms with van der Waals surface area (Å²) in [6.07, 6.45) is 2.66. The molecule has 0 aromatic heterocycles. The Morgan fingerprint density at radius 1 is 1.11 bits per heavy atom. The largest absolute Gasteiger partial charge is 0.325 e. The van der Waals surface area contributed by atoms with Gasteiger partial charge in [0, 0.05) is 30.2 Å². The Morgan fingerprint density at radius 3 is 2.54 bits per heavy atom. The zero-order valence-electron chi connectivity index (χ0n) is 16.1. The van der Waals surface area contributed by atoms with E-state index in [1.165, 1.54) is 8.61 Å². The number of thioether (sulfide) groups is 1. The molecular weight excluding hydrogens is 394 g/mol. The van der Waals surface area contributed by atoms with Gasteiger partial charge in [-0.2, -0.15) is 17.0 Å². The minimum Gasteiger partial charge on any atom is -0.325 e. The Morgan fingerprint density at radius 2 is 1.82 bits per heavy atom. The van der Waals surface area contributed by atoms with E-state index in [9.17, 15) is 13.2 Å². The van der Waals surface area contributed by atoms with Crippen molar-refractivity contribution in [2.45, 2.75) is 24.8 Å². The lowest BCUT2D eigenvalue weighted by atomic mass is 10.1. The number of rotatable bonds is 6. The molecule has 8 heteroatoms. The summed E-state index contributed by atoms with van der Waals surface area (Å²) in [6, 6.07) is 15.3. The Kier molecular flexibility index (Phi) is 6.77. The van der Waals surface area contributed by atoms with Crippen LogP contribution >= 0.6 is 11.8 Å². The molecule has 1 amide bonds. The molecule has 1 aliphatic heterocycles. The van der Waals surface area contributed by atoms with E-state index in [1.807, 2.05) is 55.6 Å². The van der Waals surface area contributed by atoms with Crippen molar-refractivity contribution < 1.29 is 13.2 Å². The number of anilines is 1. The van der Waals surface area contributed by atoms with Crippen LogP contribution in [0, 0.1) is 6.92 Å². The summed E-state index contributed by atoms with van der Waals surface area (Å²) >= 11 is 1.58. The first-order chi connectivity index (χ1) is 13.4. The highest BCUT2D eigenvalue weighted by Gasteiger charge is 2.34. The molecule has 0 aliphatic carbocycles. The van der Waals surface area contributed by atoms with Crippen LogP contribution in [0.3, 0.4) is 0 Å². The fourth-order valence-corrected chi connectivity index (χ4v) is 5.20. The van der Waals surface area contributed by atoms with Gasteiger partial charge in [-0.25, -0.2) is 0 Å². The minimum absolute atomic E-state index is 0.184. The quantitative estimate of drug-likeness (QED) is 0.731. The molecule has 1 heterocycles. The number of nitrogens with one attached hydrogen (secondary N) is 1. The number of amides is 1. The highest BCUT2D eigenvalue weighted by Crippen LogP contribution is 2.21. The molecule has 150 valence electrons. The lowest BCUT2D eigenvalue weighted by Gasteiger charge is -2.34. The first kappa shape index (κ1) is 20.9. The second-order valence-electron chi connectivity index (χ2n) is 6.79. The monoisotopic (exact) mass is 419 g/mol. The van der Waals surface area contributed by atoms with Crippen molar-refractivity contribution in [2.24, 2.45) is 0 Å². The Labute approximate surface area is 171 Å². The maximum atomic E-state index is 12.9. The van der Waals surface area contributed by atoms with Gasteiger partial charge in [0.2, 0.25) is 5.91 Å². The third kappa shape index (κ3) is 5.14. The van der Waals surface area contributed by atoms with E-state index in [0.717, 1.165) is 16.0 Å². The van der Waals surface area contributed by atoms with Gasteiger partial charge in [0.25, 0.3) is 10.2 Å². The zero-order chi connectivity index (χ0) is 20.1. The van der Waals surface area contributed by atoms with Crippen LogP contribution in [-0.4, -0.2) is 48.8 Å². The van der Waals surface area contributed by atoms with E-state index in [-0.39, 0.29) is 12.5 Å². The highest BCUT2D eigenvalue weighted by atomic mass is 32.2. The van der Waals surface area contributed by atoms with Crippen LogP contribution in [0.4, 0.5) is 5.69 Å². The molecule has 0 saturated carbocycles. The van der Waals surface area contributed by atoms with E-state index in [2.05, 4.69) is 5.32 Å². The third-order valence-electron chi connectivity index (χ3n) is 4.62. The molecule has 0 unspecified atom stereocenters. The van der Waals surface area contributed by atoms with Gasteiger partial charge in [0.05, 0.1) is 6.54 Å². The maximum absolute atomic E-state index is 12.9. The van der Waals surface area contributed by atoms with E-state index >= 15 is 0 Å². The molecule has 28 heavy (non-hydrogen) atoms. The average molecular weight is 420 g/mol. The maximum Gasteiger partial charge on any atom is 0.282 e. The highest BCUT2D eigenvalue weighted by molar-refractivity contribution is 7.98. The van der Waals surface area contributed by atoms with Gasteiger partial charge in [-0.3, -0.25) is 4.79 Å². The molecule has 1 fully saturated rings. The average Bonchev–Trinajstić information content (AvgIpc) is 2.67. The molecule has 0 radical (unpaired) electrons. The van der Waals surface area contributed by atoms with Gasteiger partial charge in [-0.1, -0.05) is 35.9 Å². The van der Waals surface area contributed by atoms with Crippen LogP contribution in [0.25, 0.3) is 0 Å². The van der Waals surface area contributed by atoms with E-state index in [1.54, 1.807) is 17.8 Å². The molecule has 0 spiro atoms. The van der Waals surface area contributed by atoms with Crippen molar-refractivity contribution in [2.75, 3.05) is 31.2 Å². The van der Waals surface area contributed by atoms with Crippen LogP contribution in [-0.2, 0) is 21.5 Å². The van der Waals surface area contributed by atoms with Crippen molar-refractivity contribution in [1.82, 2.24) is 8.61 Å². The zero-order valence-corrected chi connectivity index (χ0v) is 17.7. The molecule has 1 saturated heterocycles. The van der Waals surface area contributed by atoms with Gasteiger partial charge in [-0.05, 0) is 43.4 Å². The SMILES string of the molecule is CSc1cccc(NC(=O)CN2CCCN(Cc3ccc(C)cc3)S2(=O)=O)c1. The van der Waals surface area contributed by atoms with Gasteiger partial charge in [0.1, 0.15) is 0 Å². The van der Waals surface area contributed by atoms with Crippen LogP contribution in [0.15, 0.2) is 53.4 Å². The minimum atomic E-state index is -3.67. The summed E-state index contributed by atoms with van der Waals surface area (Å²) in [5.41, 5.74) is 2.74. The lowest BCUT2D eigenvalue weighted by Crippen LogP contribution is -2.51. The van der Waals surface area contributed by atoms with Crippen LogP contribution in [0.5, 0.6) is 0 Å². The van der Waals surface area contributed by atoms with Gasteiger partial charge >= 0.3 is 0 Å². The first-order valence-corrected chi connectivity index (χ1v) is 11.8. The predicted octanol–water partition coefficient (Wildman–Crippen LogP) is 3.11. The standard InChI is InChI=1S/C20H25N3O3S2/c1-16-7-9-17(10-8-16)14-22-11-4-12-23(28(22,25)26)15-20(24)21-18-5-3-6-19(13-18)27-2/h3,5-10,13H,4,11-12,14-15H2,1-2H3,(H,21,24). The van der Waals surface area contributed by atoms with Gasteiger partial charge in [0.15, 0.2) is 0 Å². The van der Waals surface area contributed by atoms with E-state index in [0.29, 0.717) is 31.7 Å². The van der Waals surface area contributed by atoms with Crippen molar-refractivity contribution in [1.29, 1.82) is 0 Å². The molecule has 0 bridgehead atoms. The summed E-state index contributed by atoms with van der Waals surface area (Å²) in [4.78, 5) is 13.5. The number of aryl methyl sites for hydroxylation is 1. The first-order valence-electron chi connectivity index (χ1n) is 9.13. The molecular formula is C20H25N3O3S2. The van der Waals surface area contributed by atoms with Crippen LogP contribution in [0.2, 0.25) is 0 Å². The normalized spacial score (nSPS) is 17.4. The van der Waals surface area contributed by atoms with E-state index < -0.39 is 10.2 Å². The van der Waals surface area contributed by atoms with Crippen LogP contribution < -0.4 is 5.32 Å². The smallest absolute Gasteiger partial charge is 0.282 e. The molecule has 6 nitrogen and oxygen atoms in total. The van der Waals surface area contributed by atoms with Crippen molar-refractivity contribution >= 4 is 33.6 Å². The number of nitrogens with zero attached hydrogens (tertiary/aromatic N) is 2. The summed E-state index contributed by atoms with van der Waals surface area (Å²) in [5.74, 6) is -0.334. The fourth-order valence-electron chi connectivity index (χ4n) is 3.10. The lowest BCUT2D eigenvalue weighted by molar-refractivity contribution is -0.116. The van der Waals surface area contributed by atoms with Crippen molar-refractivity contribution in [3.8, 4) is 0 Å². The molecule has 0 atom stereocenters. The van der Waals surface area contributed by atoms with E-state index in [4.69, 9.17) is 0 Å². The molecule has 2 aromatic carbocycles. The Bertz CT molecular complexity index is 930.